The minimum absolute atomic E-state index is 0.0817. The van der Waals surface area contributed by atoms with Gasteiger partial charge in [0.2, 0.25) is 0 Å². The van der Waals surface area contributed by atoms with Crippen molar-refractivity contribution in [1.82, 2.24) is 0 Å². The van der Waals surface area contributed by atoms with Crippen LogP contribution in [0.3, 0.4) is 0 Å². The first kappa shape index (κ1) is 53.2. The molecule has 0 heterocycles. The van der Waals surface area contributed by atoms with Gasteiger partial charge in [-0.3, -0.25) is 13.8 Å². The van der Waals surface area contributed by atoms with Gasteiger partial charge in [0.25, 0.3) is 0 Å². The third kappa shape index (κ3) is 43.2. The van der Waals surface area contributed by atoms with E-state index in [0.717, 1.165) is 83.5 Å². The number of phosphoric acid groups is 1. The molecule has 1 N–H and O–H groups in total. The van der Waals surface area contributed by atoms with Crippen LogP contribution in [0, 0.1) is 0 Å². The zero-order valence-corrected chi connectivity index (χ0v) is 37.0. The molecule has 0 bridgehead atoms. The van der Waals surface area contributed by atoms with E-state index in [1.165, 1.54) is 64.2 Å². The Labute approximate surface area is 339 Å². The molecule has 320 valence electrons. The molecule has 0 amide bonds. The van der Waals surface area contributed by atoms with Gasteiger partial charge in [0.1, 0.15) is 19.3 Å². The molecule has 8 nitrogen and oxygen atoms in total. The van der Waals surface area contributed by atoms with Crippen LogP contribution in [0.2, 0.25) is 0 Å². The van der Waals surface area contributed by atoms with Crippen LogP contribution in [-0.2, 0) is 27.9 Å². The van der Waals surface area contributed by atoms with Crippen molar-refractivity contribution in [2.24, 2.45) is 0 Å². The number of hydrogen-bond donors (Lipinski definition) is 1. The summed E-state index contributed by atoms with van der Waals surface area (Å²) in [6.45, 7) is 5.44. The summed E-state index contributed by atoms with van der Waals surface area (Å²) in [7, 11) is 1.64. The summed E-state index contributed by atoms with van der Waals surface area (Å²) >= 11 is 0. The Hall–Kier alpha value is -1.80. The van der Waals surface area contributed by atoms with Gasteiger partial charge in [-0.05, 0) is 57.8 Å². The lowest BCUT2D eigenvalue weighted by Gasteiger charge is -2.24. The fourth-order valence-electron chi connectivity index (χ4n) is 5.70. The molecule has 0 aromatic carbocycles. The second-order valence-electron chi connectivity index (χ2n) is 15.7. The summed E-state index contributed by atoms with van der Waals surface area (Å²) in [6.07, 6.45) is 48.2. The summed E-state index contributed by atoms with van der Waals surface area (Å²) in [6, 6.07) is 0. The van der Waals surface area contributed by atoms with Crippen molar-refractivity contribution < 1.29 is 37.3 Å². The summed E-state index contributed by atoms with van der Waals surface area (Å²) in [4.78, 5) is 22.9. The number of ether oxygens (including phenoxy) is 2. The molecule has 0 aliphatic carbocycles. The predicted molar refractivity (Wildman–Crippen MR) is 233 cm³/mol. The molecule has 9 heteroatoms. The van der Waals surface area contributed by atoms with Crippen molar-refractivity contribution in [1.29, 1.82) is 0 Å². The molecule has 0 aliphatic rings. The summed E-state index contributed by atoms with van der Waals surface area (Å²) in [5, 5.41) is 0. The Bertz CT molecular complexity index is 1060. The number of allylic oxidation sites excluding steroid dienone is 10. The lowest BCUT2D eigenvalue weighted by Crippen LogP contribution is -2.37. The van der Waals surface area contributed by atoms with Crippen molar-refractivity contribution in [3.8, 4) is 0 Å². The van der Waals surface area contributed by atoms with E-state index in [1.807, 2.05) is 21.1 Å². The minimum atomic E-state index is -4.28. The average Bonchev–Trinajstić information content (AvgIpc) is 3.13. The van der Waals surface area contributed by atoms with E-state index in [1.54, 1.807) is 0 Å². The largest absolute Gasteiger partial charge is 0.472 e. The monoisotopic (exact) mass is 795 g/mol. The zero-order valence-electron chi connectivity index (χ0n) is 36.1. The topological polar surface area (TPSA) is 91.3 Å². The highest BCUT2D eigenvalue weighted by Gasteiger charge is 2.26. The van der Waals surface area contributed by atoms with Crippen molar-refractivity contribution >= 4 is 13.8 Å². The van der Waals surface area contributed by atoms with Gasteiger partial charge in [-0.1, -0.05) is 164 Å². The molecular weight excluding hydrogens is 709 g/mol. The van der Waals surface area contributed by atoms with Crippen LogP contribution in [0.5, 0.6) is 0 Å². The SMILES string of the molecule is CC/C=C\C/C=C\C/C=C\C/C=C\C/C=C\CCCCCCOCC(COP(=O)(O)OCC[N+](C)(C)C)OC(=O)CCCCCCCCCCCCCCC. The smallest absolute Gasteiger partial charge is 0.457 e. The van der Waals surface area contributed by atoms with Gasteiger partial charge in [0, 0.05) is 13.0 Å². The Kier molecular flexibility index (Phi) is 37.8. The van der Waals surface area contributed by atoms with Gasteiger partial charge in [0.15, 0.2) is 0 Å². The normalized spacial score (nSPS) is 14.4. The highest BCUT2D eigenvalue weighted by molar-refractivity contribution is 7.47. The molecule has 2 atom stereocenters. The summed E-state index contributed by atoms with van der Waals surface area (Å²) < 4.78 is 35.0. The van der Waals surface area contributed by atoms with Gasteiger partial charge in [-0.15, -0.1) is 0 Å². The van der Waals surface area contributed by atoms with E-state index >= 15 is 0 Å². The molecule has 0 spiro atoms. The van der Waals surface area contributed by atoms with Crippen LogP contribution in [-0.4, -0.2) is 75.6 Å². The zero-order chi connectivity index (χ0) is 40.6. The van der Waals surface area contributed by atoms with Gasteiger partial charge >= 0.3 is 13.8 Å². The van der Waals surface area contributed by atoms with Crippen LogP contribution in [0.15, 0.2) is 60.8 Å². The quantitative estimate of drug-likeness (QED) is 0.0217. The Balaban J connectivity index is 4.28. The van der Waals surface area contributed by atoms with E-state index in [2.05, 4.69) is 74.6 Å². The second-order valence-corrected chi connectivity index (χ2v) is 17.2. The van der Waals surface area contributed by atoms with Gasteiger partial charge in [-0.25, -0.2) is 4.57 Å². The predicted octanol–water partition coefficient (Wildman–Crippen LogP) is 12.9. The maximum absolute atomic E-state index is 12.7. The summed E-state index contributed by atoms with van der Waals surface area (Å²) in [5.74, 6) is -0.325. The Morgan fingerprint density at radius 3 is 1.58 bits per heavy atom. The molecule has 0 aromatic heterocycles. The Morgan fingerprint density at radius 2 is 1.05 bits per heavy atom. The minimum Gasteiger partial charge on any atom is -0.457 e. The van der Waals surface area contributed by atoms with Gasteiger partial charge < -0.3 is 18.9 Å². The first-order valence-electron chi connectivity index (χ1n) is 22.0. The first-order chi connectivity index (χ1) is 26.6. The van der Waals surface area contributed by atoms with E-state index in [9.17, 15) is 14.3 Å². The number of hydrogen-bond acceptors (Lipinski definition) is 6. The highest BCUT2D eigenvalue weighted by atomic mass is 31.2. The fraction of sp³-hybridized carbons (Fsp3) is 0.761. The van der Waals surface area contributed by atoms with E-state index in [4.69, 9.17) is 18.5 Å². The standard InChI is InChI=1S/C46H84NO7P/c1-6-8-10-12-14-16-18-20-21-22-23-24-25-26-28-30-32-34-36-38-41-51-43-45(44-53-55(49,50)52-42-40-47(3,4)5)54-46(48)39-37-35-33-31-29-27-19-17-15-13-11-9-7-2/h8,10,14,16,20-21,23-24,26,28,45H,6-7,9,11-13,15,17-19,22,25,27,29-44H2,1-5H3/p+1/b10-8-,16-14-,21-20-,24-23-,28-26-. The molecule has 0 rings (SSSR count). The number of likely N-dealkylation sites (N-methyl/N-ethyl adjacent to an activating group) is 1. The first-order valence-corrected chi connectivity index (χ1v) is 23.5. The lowest BCUT2D eigenvalue weighted by molar-refractivity contribution is -0.870. The molecular formula is C46H85NO7P+. The highest BCUT2D eigenvalue weighted by Crippen LogP contribution is 2.43. The number of esters is 1. The van der Waals surface area contributed by atoms with Crippen molar-refractivity contribution in [3.63, 3.8) is 0 Å². The maximum Gasteiger partial charge on any atom is 0.472 e. The van der Waals surface area contributed by atoms with E-state index in [-0.39, 0.29) is 25.8 Å². The van der Waals surface area contributed by atoms with Crippen LogP contribution >= 0.6 is 7.82 Å². The van der Waals surface area contributed by atoms with Crippen LogP contribution in [0.25, 0.3) is 0 Å². The third-order valence-corrected chi connectivity index (χ3v) is 10.1. The molecule has 0 fully saturated rings. The number of phosphoric ester groups is 1. The lowest BCUT2D eigenvalue weighted by atomic mass is 10.0. The van der Waals surface area contributed by atoms with Crippen LogP contribution in [0.4, 0.5) is 0 Å². The summed E-state index contributed by atoms with van der Waals surface area (Å²) in [5.41, 5.74) is 0. The number of carbonyl (C=O) groups is 1. The molecule has 0 saturated carbocycles. The number of unbranched alkanes of at least 4 members (excludes halogenated alkanes) is 16. The molecule has 0 saturated heterocycles. The number of quaternary nitrogens is 1. The molecule has 0 aliphatic heterocycles. The van der Waals surface area contributed by atoms with E-state index in [0.29, 0.717) is 24.1 Å². The Morgan fingerprint density at radius 1 is 0.582 bits per heavy atom. The van der Waals surface area contributed by atoms with E-state index < -0.39 is 13.9 Å². The van der Waals surface area contributed by atoms with Crippen LogP contribution in [0.1, 0.15) is 168 Å². The molecule has 55 heavy (non-hydrogen) atoms. The van der Waals surface area contributed by atoms with Gasteiger partial charge in [0.05, 0.1) is 34.4 Å². The molecule has 2 unspecified atom stereocenters. The van der Waals surface area contributed by atoms with Crippen molar-refractivity contribution in [2.75, 3.05) is 54.1 Å². The van der Waals surface area contributed by atoms with Gasteiger partial charge in [-0.2, -0.15) is 0 Å². The molecule has 0 aromatic rings. The average molecular weight is 795 g/mol. The number of rotatable bonds is 40. The second kappa shape index (κ2) is 39.0. The number of carbonyl (C=O) groups excluding carboxylic acids is 1. The third-order valence-electron chi connectivity index (χ3n) is 9.09. The van der Waals surface area contributed by atoms with Crippen molar-refractivity contribution in [3.05, 3.63) is 60.8 Å². The number of nitrogens with zero attached hydrogens (tertiary/aromatic N) is 1. The van der Waals surface area contributed by atoms with Crippen molar-refractivity contribution in [2.45, 2.75) is 174 Å². The van der Waals surface area contributed by atoms with Crippen LogP contribution < -0.4 is 0 Å². The molecule has 0 radical (unpaired) electrons. The fourth-order valence-corrected chi connectivity index (χ4v) is 6.44. The maximum atomic E-state index is 12.7.